The van der Waals surface area contributed by atoms with E-state index in [4.69, 9.17) is 0 Å². The van der Waals surface area contributed by atoms with Gasteiger partial charge in [0.15, 0.2) is 0 Å². The quantitative estimate of drug-likeness (QED) is 0.178. The molecule has 0 spiro atoms. The van der Waals surface area contributed by atoms with E-state index >= 15 is 0 Å². The fourth-order valence-electron chi connectivity index (χ4n) is 5.82. The van der Waals surface area contributed by atoms with Gasteiger partial charge >= 0.3 is 0 Å². The normalized spacial score (nSPS) is 12.3. The molecule has 0 fully saturated rings. The second-order valence-electron chi connectivity index (χ2n) is 13.2. The maximum atomic E-state index is 3.94. The molecule has 0 N–H and O–H groups in total. The van der Waals surface area contributed by atoms with Crippen LogP contribution >= 0.6 is 15.9 Å². The molecule has 0 aliphatic heterocycles. The first kappa shape index (κ1) is 27.5. The number of fused-ring (bicyclic) bond motifs is 2. The van der Waals surface area contributed by atoms with Crippen LogP contribution in [0.15, 0.2) is 120 Å². The molecule has 0 unspecified atom stereocenters. The lowest BCUT2D eigenvalue weighted by atomic mass is 9.84. The summed E-state index contributed by atoms with van der Waals surface area (Å²) in [6.45, 7) is 13.6. The minimum absolute atomic E-state index is 0.121. The zero-order valence-electron chi connectivity index (χ0n) is 24.8. The third-order valence-electron chi connectivity index (χ3n) is 8.26. The summed E-state index contributed by atoms with van der Waals surface area (Å²) in [5.41, 5.74) is 10.4. The molecular weight excluding hydrogens is 560 g/mol. The molecule has 41 heavy (non-hydrogen) atoms. The van der Waals surface area contributed by atoms with Crippen LogP contribution in [0.5, 0.6) is 0 Å². The Balaban J connectivity index is 1.63. The van der Waals surface area contributed by atoms with Gasteiger partial charge in [-0.15, -0.1) is 0 Å². The standard InChI is InChI=1S/C40H37Br/c1-39(2,3)31-19-15-26(16-20-31)28-23-29(27-17-21-32(22-18-27)40(4,5)6)25-30(24-28)37-33-11-7-9-13-35(33)38(41)36-14-10-8-12-34(36)37/h7-25H,1-6H3. The molecule has 0 aliphatic carbocycles. The van der Waals surface area contributed by atoms with Crippen LogP contribution in [0.2, 0.25) is 0 Å². The Morgan fingerprint density at radius 2 is 0.732 bits per heavy atom. The van der Waals surface area contributed by atoms with E-state index in [1.165, 1.54) is 66.1 Å². The Bertz CT molecular complexity index is 1740. The second-order valence-corrected chi connectivity index (χ2v) is 14.0. The van der Waals surface area contributed by atoms with Crippen molar-refractivity contribution in [3.05, 3.63) is 131 Å². The van der Waals surface area contributed by atoms with Gasteiger partial charge in [-0.2, -0.15) is 0 Å². The molecule has 0 saturated heterocycles. The van der Waals surface area contributed by atoms with E-state index in [1.54, 1.807) is 0 Å². The van der Waals surface area contributed by atoms with Crippen LogP contribution in [0.25, 0.3) is 54.9 Å². The molecule has 0 nitrogen and oxygen atoms in total. The Kier molecular flexibility index (Phi) is 6.91. The highest BCUT2D eigenvalue weighted by atomic mass is 79.9. The average molecular weight is 598 g/mol. The molecule has 0 aliphatic rings. The highest BCUT2D eigenvalue weighted by Crippen LogP contribution is 2.44. The van der Waals surface area contributed by atoms with Crippen molar-refractivity contribution >= 4 is 37.5 Å². The van der Waals surface area contributed by atoms with Gasteiger partial charge < -0.3 is 0 Å². The smallest absolute Gasteiger partial charge is 0.0332 e. The van der Waals surface area contributed by atoms with E-state index in [9.17, 15) is 0 Å². The number of hydrogen-bond acceptors (Lipinski definition) is 0. The van der Waals surface area contributed by atoms with Gasteiger partial charge in [0.25, 0.3) is 0 Å². The first-order chi connectivity index (χ1) is 19.5. The van der Waals surface area contributed by atoms with Crippen molar-refractivity contribution in [2.75, 3.05) is 0 Å². The van der Waals surface area contributed by atoms with Crippen LogP contribution in [0, 0.1) is 0 Å². The summed E-state index contributed by atoms with van der Waals surface area (Å²) in [7, 11) is 0. The summed E-state index contributed by atoms with van der Waals surface area (Å²) in [6.07, 6.45) is 0. The first-order valence-electron chi connectivity index (χ1n) is 14.5. The van der Waals surface area contributed by atoms with Crippen LogP contribution < -0.4 is 0 Å². The summed E-state index contributed by atoms with van der Waals surface area (Å²) in [6, 6.07) is 42.9. The highest BCUT2D eigenvalue weighted by molar-refractivity contribution is 9.10. The van der Waals surface area contributed by atoms with Gasteiger partial charge in [0, 0.05) is 4.47 Å². The van der Waals surface area contributed by atoms with Crippen LogP contribution in [0.1, 0.15) is 52.7 Å². The molecule has 0 amide bonds. The maximum absolute atomic E-state index is 3.94. The summed E-state index contributed by atoms with van der Waals surface area (Å²) >= 11 is 3.94. The van der Waals surface area contributed by atoms with Gasteiger partial charge in [-0.25, -0.2) is 0 Å². The summed E-state index contributed by atoms with van der Waals surface area (Å²) in [4.78, 5) is 0. The molecule has 0 saturated carbocycles. The number of benzene rings is 6. The summed E-state index contributed by atoms with van der Waals surface area (Å²) in [5, 5.41) is 4.98. The molecular formula is C40H37Br. The number of rotatable bonds is 3. The maximum Gasteiger partial charge on any atom is 0.0332 e. The Morgan fingerprint density at radius 3 is 1.10 bits per heavy atom. The molecule has 0 radical (unpaired) electrons. The van der Waals surface area contributed by atoms with Crippen molar-refractivity contribution in [2.24, 2.45) is 0 Å². The third kappa shape index (κ3) is 5.24. The minimum Gasteiger partial charge on any atom is -0.0616 e. The van der Waals surface area contributed by atoms with Crippen molar-refractivity contribution < 1.29 is 0 Å². The van der Waals surface area contributed by atoms with Crippen molar-refractivity contribution in [3.8, 4) is 33.4 Å². The predicted octanol–water partition coefficient (Wildman–Crippen LogP) is 12.4. The van der Waals surface area contributed by atoms with Gasteiger partial charge in [-0.05, 0) is 111 Å². The van der Waals surface area contributed by atoms with E-state index in [1.807, 2.05) is 0 Å². The third-order valence-corrected chi connectivity index (χ3v) is 9.11. The van der Waals surface area contributed by atoms with Gasteiger partial charge in [-0.3, -0.25) is 0 Å². The molecule has 6 rings (SSSR count). The van der Waals surface area contributed by atoms with Gasteiger partial charge in [0.1, 0.15) is 0 Å². The molecule has 0 heterocycles. The topological polar surface area (TPSA) is 0 Å². The Labute approximate surface area is 253 Å². The molecule has 6 aromatic carbocycles. The summed E-state index contributed by atoms with van der Waals surface area (Å²) in [5.74, 6) is 0. The number of halogens is 1. The van der Waals surface area contributed by atoms with Crippen LogP contribution in [-0.2, 0) is 10.8 Å². The molecule has 0 bridgehead atoms. The summed E-state index contributed by atoms with van der Waals surface area (Å²) < 4.78 is 1.15. The van der Waals surface area contributed by atoms with E-state index in [0.717, 1.165) is 4.47 Å². The zero-order valence-corrected chi connectivity index (χ0v) is 26.4. The SMILES string of the molecule is CC(C)(C)c1ccc(-c2cc(-c3ccc(C(C)(C)C)cc3)cc(-c3c4ccccc4c(Br)c4ccccc34)c2)cc1. The van der Waals surface area contributed by atoms with Crippen molar-refractivity contribution in [3.63, 3.8) is 0 Å². The van der Waals surface area contributed by atoms with Crippen LogP contribution in [0.4, 0.5) is 0 Å². The van der Waals surface area contributed by atoms with E-state index in [2.05, 4.69) is 173 Å². The fraction of sp³-hybridized carbons (Fsp3) is 0.200. The predicted molar refractivity (Wildman–Crippen MR) is 183 cm³/mol. The van der Waals surface area contributed by atoms with Crippen molar-refractivity contribution in [2.45, 2.75) is 52.4 Å². The van der Waals surface area contributed by atoms with Gasteiger partial charge in [0.2, 0.25) is 0 Å². The first-order valence-corrected chi connectivity index (χ1v) is 15.3. The molecule has 1 heteroatoms. The van der Waals surface area contributed by atoms with Crippen molar-refractivity contribution in [1.82, 2.24) is 0 Å². The van der Waals surface area contributed by atoms with E-state index in [-0.39, 0.29) is 10.8 Å². The lowest BCUT2D eigenvalue weighted by Crippen LogP contribution is -2.10. The Hall–Kier alpha value is -3.68. The minimum atomic E-state index is 0.121. The second kappa shape index (κ2) is 10.3. The lowest BCUT2D eigenvalue weighted by molar-refractivity contribution is 0.590. The largest absolute Gasteiger partial charge is 0.0616 e. The van der Waals surface area contributed by atoms with Gasteiger partial charge in [-0.1, -0.05) is 139 Å². The van der Waals surface area contributed by atoms with E-state index < -0.39 is 0 Å². The molecule has 6 aromatic rings. The lowest BCUT2D eigenvalue weighted by Gasteiger charge is -2.20. The molecule has 0 aromatic heterocycles. The zero-order chi connectivity index (χ0) is 28.9. The monoisotopic (exact) mass is 596 g/mol. The fourth-order valence-corrected chi connectivity index (χ4v) is 6.51. The van der Waals surface area contributed by atoms with Gasteiger partial charge in [0.05, 0.1) is 0 Å². The van der Waals surface area contributed by atoms with Crippen molar-refractivity contribution in [1.29, 1.82) is 0 Å². The highest BCUT2D eigenvalue weighted by Gasteiger charge is 2.18. The molecule has 204 valence electrons. The van der Waals surface area contributed by atoms with Crippen LogP contribution in [0.3, 0.4) is 0 Å². The molecule has 0 atom stereocenters. The van der Waals surface area contributed by atoms with E-state index in [0.29, 0.717) is 0 Å². The Morgan fingerprint density at radius 1 is 0.390 bits per heavy atom. The number of hydrogen-bond donors (Lipinski definition) is 0. The average Bonchev–Trinajstić information content (AvgIpc) is 2.96. The van der Waals surface area contributed by atoms with Crippen LogP contribution in [-0.4, -0.2) is 0 Å².